The molecular formula is C18H22N4O5. The topological polar surface area (TPSA) is 131 Å². The first kappa shape index (κ1) is 19.2. The molecule has 1 aromatic rings. The summed E-state index contributed by atoms with van der Waals surface area (Å²) in [5, 5.41) is 5.35. The van der Waals surface area contributed by atoms with Gasteiger partial charge in [-0.25, -0.2) is 0 Å². The van der Waals surface area contributed by atoms with Gasteiger partial charge in [-0.05, 0) is 24.1 Å². The number of carbonyl (C=O) groups excluding carboxylic acids is 4. The molecule has 4 amide bonds. The van der Waals surface area contributed by atoms with Crippen LogP contribution in [0.25, 0.3) is 0 Å². The summed E-state index contributed by atoms with van der Waals surface area (Å²) >= 11 is 0. The fourth-order valence-corrected chi connectivity index (χ4v) is 3.30. The second-order valence-corrected chi connectivity index (χ2v) is 6.67. The van der Waals surface area contributed by atoms with Crippen molar-refractivity contribution >= 4 is 23.6 Å². The van der Waals surface area contributed by atoms with Crippen molar-refractivity contribution in [2.75, 3.05) is 20.3 Å². The third-order valence-electron chi connectivity index (χ3n) is 4.62. The lowest BCUT2D eigenvalue weighted by Gasteiger charge is -2.27. The predicted molar refractivity (Wildman–Crippen MR) is 94.7 cm³/mol. The number of ether oxygens (including phenoxy) is 1. The minimum atomic E-state index is -0.955. The highest BCUT2D eigenvalue weighted by atomic mass is 16.5. The Hall–Kier alpha value is -2.62. The lowest BCUT2D eigenvalue weighted by Crippen LogP contribution is -2.54. The fraction of sp³-hybridized carbons (Fsp3) is 0.444. The van der Waals surface area contributed by atoms with E-state index in [-0.39, 0.29) is 30.0 Å². The van der Waals surface area contributed by atoms with Crippen LogP contribution in [0.2, 0.25) is 0 Å². The van der Waals surface area contributed by atoms with Crippen molar-refractivity contribution in [2.24, 2.45) is 5.73 Å². The number of nitrogens with zero attached hydrogens (tertiary/aromatic N) is 1. The Labute approximate surface area is 156 Å². The van der Waals surface area contributed by atoms with Crippen LogP contribution in [0.15, 0.2) is 18.2 Å². The van der Waals surface area contributed by atoms with Crippen molar-refractivity contribution in [1.82, 2.24) is 15.5 Å². The number of amides is 4. The Bertz CT molecular complexity index is 794. The number of rotatable bonds is 7. The maximum atomic E-state index is 12.7. The second-order valence-electron chi connectivity index (χ2n) is 6.67. The molecule has 0 aliphatic carbocycles. The molecule has 4 N–H and O–H groups in total. The van der Waals surface area contributed by atoms with E-state index in [1.165, 1.54) is 0 Å². The van der Waals surface area contributed by atoms with Crippen molar-refractivity contribution in [2.45, 2.75) is 31.5 Å². The number of hydrogen-bond acceptors (Lipinski definition) is 7. The van der Waals surface area contributed by atoms with Gasteiger partial charge in [0.05, 0.1) is 17.7 Å². The Morgan fingerprint density at radius 1 is 1.26 bits per heavy atom. The van der Waals surface area contributed by atoms with E-state index in [2.05, 4.69) is 10.6 Å². The van der Waals surface area contributed by atoms with E-state index in [9.17, 15) is 19.2 Å². The predicted octanol–water partition coefficient (Wildman–Crippen LogP) is -0.849. The van der Waals surface area contributed by atoms with Crippen LogP contribution in [0.5, 0.6) is 0 Å². The first-order chi connectivity index (χ1) is 12.9. The van der Waals surface area contributed by atoms with Crippen molar-refractivity contribution in [1.29, 1.82) is 0 Å². The molecule has 1 aromatic carbocycles. The number of methoxy groups -OCH3 is 1. The summed E-state index contributed by atoms with van der Waals surface area (Å²) in [7, 11) is 1.58. The monoisotopic (exact) mass is 374 g/mol. The summed E-state index contributed by atoms with van der Waals surface area (Å²) in [6, 6.07) is 3.90. The van der Waals surface area contributed by atoms with Crippen LogP contribution in [-0.2, 0) is 20.9 Å². The summed E-state index contributed by atoms with van der Waals surface area (Å²) in [4.78, 5) is 49.7. The molecule has 1 saturated heterocycles. The third kappa shape index (κ3) is 3.90. The molecule has 9 heteroatoms. The van der Waals surface area contributed by atoms with Gasteiger partial charge in [0.2, 0.25) is 11.8 Å². The Balaban J connectivity index is 1.71. The van der Waals surface area contributed by atoms with Gasteiger partial charge in [0.25, 0.3) is 11.8 Å². The lowest BCUT2D eigenvalue weighted by atomic mass is 10.0. The zero-order valence-electron chi connectivity index (χ0n) is 15.0. The van der Waals surface area contributed by atoms with Crippen molar-refractivity contribution in [3.8, 4) is 0 Å². The number of hydrogen-bond donors (Lipinski definition) is 3. The number of carbonyl (C=O) groups is 4. The maximum Gasteiger partial charge on any atom is 0.262 e. The van der Waals surface area contributed by atoms with Crippen LogP contribution >= 0.6 is 0 Å². The number of nitrogens with one attached hydrogen (secondary N) is 2. The molecule has 0 saturated carbocycles. The molecule has 9 nitrogen and oxygen atoms in total. The largest absolute Gasteiger partial charge is 0.383 e. The summed E-state index contributed by atoms with van der Waals surface area (Å²) in [6.07, 6.45) is 0.239. The molecule has 2 heterocycles. The van der Waals surface area contributed by atoms with E-state index in [1.54, 1.807) is 25.3 Å². The molecule has 2 unspecified atom stereocenters. The molecule has 2 aliphatic rings. The zero-order chi connectivity index (χ0) is 19.6. The van der Waals surface area contributed by atoms with Gasteiger partial charge in [-0.2, -0.15) is 0 Å². The highest BCUT2D eigenvalue weighted by molar-refractivity contribution is 6.23. The molecule has 2 aliphatic heterocycles. The molecule has 2 atom stereocenters. The quantitative estimate of drug-likeness (QED) is 0.530. The maximum absolute atomic E-state index is 12.7. The molecule has 0 aromatic heterocycles. The average Bonchev–Trinajstić information content (AvgIpc) is 2.86. The van der Waals surface area contributed by atoms with Gasteiger partial charge in [-0.15, -0.1) is 0 Å². The molecule has 1 fully saturated rings. The van der Waals surface area contributed by atoms with Gasteiger partial charge in [-0.3, -0.25) is 29.4 Å². The second kappa shape index (κ2) is 7.95. The first-order valence-corrected chi connectivity index (χ1v) is 8.72. The molecule has 0 spiro atoms. The summed E-state index contributed by atoms with van der Waals surface area (Å²) in [6.45, 7) is 1.45. The van der Waals surface area contributed by atoms with Gasteiger partial charge in [0.15, 0.2) is 0 Å². The standard InChI is InChI=1S/C18H22N4O5/c1-27-9-11(19)8-20-7-10-2-3-12-13(6-10)18(26)22(17(12)25)14-4-5-15(23)21-16(14)24/h2-3,6,11,14,20H,4-5,7-9,19H2,1H3,(H,21,23,24). The Morgan fingerprint density at radius 2 is 2.00 bits per heavy atom. The minimum Gasteiger partial charge on any atom is -0.383 e. The number of fused-ring (bicyclic) bond motifs is 1. The molecule has 0 radical (unpaired) electrons. The molecular weight excluding hydrogens is 352 g/mol. The van der Waals surface area contributed by atoms with E-state index in [1.807, 2.05) is 0 Å². The summed E-state index contributed by atoms with van der Waals surface area (Å²) in [5.41, 5.74) is 7.21. The first-order valence-electron chi connectivity index (χ1n) is 8.72. The van der Waals surface area contributed by atoms with Crippen LogP contribution in [0, 0.1) is 0 Å². The van der Waals surface area contributed by atoms with E-state index in [4.69, 9.17) is 10.5 Å². The van der Waals surface area contributed by atoms with Crippen molar-refractivity contribution in [3.63, 3.8) is 0 Å². The lowest BCUT2D eigenvalue weighted by molar-refractivity contribution is -0.136. The number of imide groups is 2. The van der Waals surface area contributed by atoms with Crippen LogP contribution in [0.3, 0.4) is 0 Å². The van der Waals surface area contributed by atoms with Gasteiger partial charge in [0.1, 0.15) is 6.04 Å². The minimum absolute atomic E-state index is 0.0979. The number of piperidine rings is 1. The van der Waals surface area contributed by atoms with Crippen molar-refractivity contribution in [3.05, 3.63) is 34.9 Å². The normalized spacial score (nSPS) is 20.7. The SMILES string of the molecule is COCC(N)CNCc1ccc2c(c1)C(=O)N(C1CCC(=O)NC1=O)C2=O. The van der Waals surface area contributed by atoms with Crippen LogP contribution in [0.4, 0.5) is 0 Å². The fourth-order valence-electron chi connectivity index (χ4n) is 3.30. The van der Waals surface area contributed by atoms with Crippen LogP contribution < -0.4 is 16.4 Å². The third-order valence-corrected chi connectivity index (χ3v) is 4.62. The highest BCUT2D eigenvalue weighted by Gasteiger charge is 2.44. The van der Waals surface area contributed by atoms with Crippen LogP contribution in [0.1, 0.15) is 39.1 Å². The average molecular weight is 374 g/mol. The number of benzene rings is 1. The van der Waals surface area contributed by atoms with Crippen molar-refractivity contribution < 1.29 is 23.9 Å². The van der Waals surface area contributed by atoms with E-state index >= 15 is 0 Å². The summed E-state index contributed by atoms with van der Waals surface area (Å²) in [5.74, 6) is -2.03. The van der Waals surface area contributed by atoms with Gasteiger partial charge >= 0.3 is 0 Å². The smallest absolute Gasteiger partial charge is 0.262 e. The Kier molecular flexibility index (Phi) is 5.64. The summed E-state index contributed by atoms with van der Waals surface area (Å²) < 4.78 is 4.97. The van der Waals surface area contributed by atoms with Gasteiger partial charge in [-0.1, -0.05) is 6.07 Å². The van der Waals surface area contributed by atoms with Gasteiger partial charge in [0, 0.05) is 32.7 Å². The van der Waals surface area contributed by atoms with Gasteiger partial charge < -0.3 is 15.8 Å². The number of nitrogens with two attached hydrogens (primary N) is 1. The van der Waals surface area contributed by atoms with E-state index in [0.717, 1.165) is 10.5 Å². The van der Waals surface area contributed by atoms with E-state index in [0.29, 0.717) is 19.7 Å². The highest BCUT2D eigenvalue weighted by Crippen LogP contribution is 2.28. The molecule has 144 valence electrons. The van der Waals surface area contributed by atoms with Crippen LogP contribution in [-0.4, -0.2) is 60.9 Å². The Morgan fingerprint density at radius 3 is 2.70 bits per heavy atom. The van der Waals surface area contributed by atoms with E-state index < -0.39 is 29.7 Å². The molecule has 3 rings (SSSR count). The zero-order valence-corrected chi connectivity index (χ0v) is 15.0. The molecule has 27 heavy (non-hydrogen) atoms. The molecule has 0 bridgehead atoms.